The zero-order valence-corrected chi connectivity index (χ0v) is 9.11. The molecule has 0 bridgehead atoms. The van der Waals surface area contributed by atoms with Crippen LogP contribution in [0, 0.1) is 0 Å². The molecular formula is C11H8N4S. The van der Waals surface area contributed by atoms with Gasteiger partial charge in [-0.2, -0.15) is 13.8 Å². The molecule has 4 nitrogen and oxygen atoms in total. The van der Waals surface area contributed by atoms with Crippen LogP contribution in [-0.2, 0) is 0 Å². The SMILES string of the molecule is C(=C\c1n[nH]c2ccccc12)/c1cnsn1. The molecule has 0 amide bonds. The van der Waals surface area contributed by atoms with Crippen LogP contribution in [0.5, 0.6) is 0 Å². The van der Waals surface area contributed by atoms with Crippen molar-refractivity contribution in [1.82, 2.24) is 18.9 Å². The predicted octanol–water partition coefficient (Wildman–Crippen LogP) is 2.58. The van der Waals surface area contributed by atoms with Gasteiger partial charge in [0.25, 0.3) is 0 Å². The Morgan fingerprint density at radius 1 is 1.19 bits per heavy atom. The van der Waals surface area contributed by atoms with Gasteiger partial charge >= 0.3 is 0 Å². The van der Waals surface area contributed by atoms with Gasteiger partial charge in [0.2, 0.25) is 0 Å². The van der Waals surface area contributed by atoms with Gasteiger partial charge in [-0.15, -0.1) is 0 Å². The lowest BCUT2D eigenvalue weighted by Crippen LogP contribution is -1.73. The quantitative estimate of drug-likeness (QED) is 0.733. The lowest BCUT2D eigenvalue weighted by Gasteiger charge is -1.87. The molecule has 0 aliphatic carbocycles. The first-order chi connectivity index (χ1) is 7.93. The molecule has 0 radical (unpaired) electrons. The molecule has 1 N–H and O–H groups in total. The summed E-state index contributed by atoms with van der Waals surface area (Å²) < 4.78 is 8.04. The van der Waals surface area contributed by atoms with Crippen molar-refractivity contribution < 1.29 is 0 Å². The Labute approximate surface area is 96.0 Å². The molecule has 1 aromatic carbocycles. The zero-order chi connectivity index (χ0) is 10.8. The number of H-pyrrole nitrogens is 1. The second-order valence-electron chi connectivity index (χ2n) is 3.32. The Bertz CT molecular complexity index is 624. The minimum atomic E-state index is 0.858. The summed E-state index contributed by atoms with van der Waals surface area (Å²) in [5.41, 5.74) is 2.82. The summed E-state index contributed by atoms with van der Waals surface area (Å²) in [4.78, 5) is 0. The number of nitrogens with one attached hydrogen (secondary N) is 1. The van der Waals surface area contributed by atoms with E-state index < -0.39 is 0 Å². The summed E-state index contributed by atoms with van der Waals surface area (Å²) >= 11 is 1.20. The third kappa shape index (κ3) is 1.61. The molecule has 16 heavy (non-hydrogen) atoms. The molecule has 0 saturated carbocycles. The highest BCUT2D eigenvalue weighted by atomic mass is 32.1. The van der Waals surface area contributed by atoms with Crippen LogP contribution in [0.25, 0.3) is 23.1 Å². The van der Waals surface area contributed by atoms with E-state index in [1.165, 1.54) is 11.7 Å². The van der Waals surface area contributed by atoms with E-state index in [0.717, 1.165) is 22.3 Å². The van der Waals surface area contributed by atoms with Crippen molar-refractivity contribution in [3.8, 4) is 0 Å². The fourth-order valence-electron chi connectivity index (χ4n) is 1.52. The largest absolute Gasteiger partial charge is 0.277 e. The van der Waals surface area contributed by atoms with E-state index in [2.05, 4.69) is 18.9 Å². The molecule has 5 heteroatoms. The van der Waals surface area contributed by atoms with Crippen molar-refractivity contribution >= 4 is 34.8 Å². The predicted molar refractivity (Wildman–Crippen MR) is 64.9 cm³/mol. The van der Waals surface area contributed by atoms with Crippen molar-refractivity contribution in [2.75, 3.05) is 0 Å². The van der Waals surface area contributed by atoms with Gasteiger partial charge in [-0.1, -0.05) is 18.2 Å². The number of hydrogen-bond donors (Lipinski definition) is 1. The lowest BCUT2D eigenvalue weighted by atomic mass is 10.2. The Morgan fingerprint density at radius 3 is 3.00 bits per heavy atom. The van der Waals surface area contributed by atoms with E-state index in [0.29, 0.717) is 0 Å². The highest BCUT2D eigenvalue weighted by Gasteiger charge is 2.00. The molecule has 0 aliphatic rings. The highest BCUT2D eigenvalue weighted by Crippen LogP contribution is 2.17. The highest BCUT2D eigenvalue weighted by molar-refractivity contribution is 6.99. The molecule has 2 aromatic heterocycles. The van der Waals surface area contributed by atoms with Crippen molar-refractivity contribution in [3.63, 3.8) is 0 Å². The Balaban J connectivity index is 2.01. The number of benzene rings is 1. The van der Waals surface area contributed by atoms with Gasteiger partial charge in [-0.05, 0) is 18.2 Å². The van der Waals surface area contributed by atoms with Crippen LogP contribution in [0.3, 0.4) is 0 Å². The number of nitrogens with zero attached hydrogens (tertiary/aromatic N) is 3. The maximum absolute atomic E-state index is 4.24. The van der Waals surface area contributed by atoms with Gasteiger partial charge in [-0.3, -0.25) is 5.10 Å². The number of aromatic amines is 1. The first-order valence-electron chi connectivity index (χ1n) is 4.82. The number of fused-ring (bicyclic) bond motifs is 1. The summed E-state index contributed by atoms with van der Waals surface area (Å²) in [6.07, 6.45) is 5.58. The van der Waals surface area contributed by atoms with Gasteiger partial charge in [0, 0.05) is 5.39 Å². The molecule has 0 unspecified atom stereocenters. The number of hydrogen-bond acceptors (Lipinski definition) is 4. The molecule has 3 aromatic rings. The van der Waals surface area contributed by atoms with Gasteiger partial charge in [0.05, 0.1) is 34.8 Å². The summed E-state index contributed by atoms with van der Waals surface area (Å²) in [6.45, 7) is 0. The molecule has 78 valence electrons. The Kier molecular flexibility index (Phi) is 2.23. The topological polar surface area (TPSA) is 54.5 Å². The van der Waals surface area contributed by atoms with E-state index in [1.54, 1.807) is 6.20 Å². The maximum atomic E-state index is 4.24. The van der Waals surface area contributed by atoms with Gasteiger partial charge in [0.1, 0.15) is 0 Å². The van der Waals surface area contributed by atoms with Crippen LogP contribution in [0.2, 0.25) is 0 Å². The third-order valence-electron chi connectivity index (χ3n) is 2.29. The van der Waals surface area contributed by atoms with Crippen molar-refractivity contribution in [2.24, 2.45) is 0 Å². The molecule has 0 atom stereocenters. The van der Waals surface area contributed by atoms with Gasteiger partial charge in [-0.25, -0.2) is 0 Å². The molecule has 0 spiro atoms. The molecule has 3 rings (SSSR count). The van der Waals surface area contributed by atoms with Crippen LogP contribution >= 0.6 is 11.7 Å². The van der Waals surface area contributed by atoms with Crippen LogP contribution in [0.15, 0.2) is 30.5 Å². The Morgan fingerprint density at radius 2 is 2.12 bits per heavy atom. The van der Waals surface area contributed by atoms with Crippen LogP contribution in [0.1, 0.15) is 11.4 Å². The molecule has 0 fully saturated rings. The summed E-state index contributed by atoms with van der Waals surface area (Å²) in [7, 11) is 0. The van der Waals surface area contributed by atoms with Crippen molar-refractivity contribution in [2.45, 2.75) is 0 Å². The van der Waals surface area contributed by atoms with E-state index in [1.807, 2.05) is 36.4 Å². The van der Waals surface area contributed by atoms with E-state index in [9.17, 15) is 0 Å². The smallest absolute Gasteiger partial charge is 0.0970 e. The molecule has 0 saturated heterocycles. The standard InChI is InChI=1S/C11H8N4S/c1-2-4-10-9(3-1)11(14-13-10)6-5-8-7-12-16-15-8/h1-7H,(H,13,14)/b6-5+. The maximum Gasteiger partial charge on any atom is 0.0970 e. The average Bonchev–Trinajstić information content (AvgIpc) is 2.96. The monoisotopic (exact) mass is 228 g/mol. The normalized spacial score (nSPS) is 11.5. The summed E-state index contributed by atoms with van der Waals surface area (Å²) in [5.74, 6) is 0. The van der Waals surface area contributed by atoms with E-state index in [4.69, 9.17) is 0 Å². The first-order valence-corrected chi connectivity index (χ1v) is 5.55. The molecule has 0 aliphatic heterocycles. The average molecular weight is 228 g/mol. The van der Waals surface area contributed by atoms with Crippen molar-refractivity contribution in [3.05, 3.63) is 41.9 Å². The fraction of sp³-hybridized carbons (Fsp3) is 0. The van der Waals surface area contributed by atoms with E-state index in [-0.39, 0.29) is 0 Å². The van der Waals surface area contributed by atoms with Crippen molar-refractivity contribution in [1.29, 1.82) is 0 Å². The second-order valence-corrected chi connectivity index (χ2v) is 3.88. The minimum Gasteiger partial charge on any atom is -0.277 e. The molecule has 2 heterocycles. The third-order valence-corrected chi connectivity index (χ3v) is 2.78. The van der Waals surface area contributed by atoms with Crippen LogP contribution in [-0.4, -0.2) is 18.9 Å². The molecular weight excluding hydrogens is 220 g/mol. The fourth-order valence-corrected chi connectivity index (χ4v) is 1.93. The van der Waals surface area contributed by atoms with Crippen LogP contribution in [0.4, 0.5) is 0 Å². The number of rotatable bonds is 2. The Hall–Kier alpha value is -2.01. The van der Waals surface area contributed by atoms with E-state index >= 15 is 0 Å². The number of aromatic nitrogens is 4. The lowest BCUT2D eigenvalue weighted by molar-refractivity contribution is 1.11. The second kappa shape index (κ2) is 3.86. The van der Waals surface area contributed by atoms with Gasteiger partial charge < -0.3 is 0 Å². The summed E-state index contributed by atoms with van der Waals surface area (Å²) in [5, 5.41) is 8.33. The van der Waals surface area contributed by atoms with Crippen LogP contribution < -0.4 is 0 Å². The number of para-hydroxylation sites is 1. The van der Waals surface area contributed by atoms with Gasteiger partial charge in [0.15, 0.2) is 0 Å². The minimum absolute atomic E-state index is 0.858. The first kappa shape index (κ1) is 9.23. The summed E-state index contributed by atoms with van der Waals surface area (Å²) in [6, 6.07) is 8.03. The zero-order valence-electron chi connectivity index (χ0n) is 8.29.